The molecule has 2 atom stereocenters. The molecule has 0 bridgehead atoms. The van der Waals surface area contributed by atoms with Gasteiger partial charge < -0.3 is 14.4 Å². The number of aliphatic carboxylic acids is 1. The number of rotatable bonds is 6. The molecule has 0 radical (unpaired) electrons. The number of aryl methyl sites for hydroxylation is 1. The third-order valence-electron chi connectivity index (χ3n) is 5.67. The molecule has 0 amide bonds. The van der Waals surface area contributed by atoms with Crippen LogP contribution in [0.25, 0.3) is 11.0 Å². The van der Waals surface area contributed by atoms with Gasteiger partial charge in [-0.15, -0.1) is 0 Å². The number of nitrogens with zero attached hydrogens (tertiary/aromatic N) is 2. The number of benzene rings is 2. The predicted octanol–water partition coefficient (Wildman–Crippen LogP) is 5.91. The topological polar surface area (TPSA) is 64.3 Å². The van der Waals surface area contributed by atoms with Crippen molar-refractivity contribution in [2.24, 2.45) is 11.3 Å². The Bertz CT molecular complexity index is 1210. The van der Waals surface area contributed by atoms with Crippen molar-refractivity contribution < 1.29 is 14.6 Å². The maximum Gasteiger partial charge on any atom is 0.311 e. The largest absolute Gasteiger partial charge is 0.493 e. The Hall–Kier alpha value is -2.76. The van der Waals surface area contributed by atoms with Gasteiger partial charge in [-0.3, -0.25) is 4.79 Å². The Kier molecular flexibility index (Phi) is 5.82. The minimum absolute atomic E-state index is 0.243. The van der Waals surface area contributed by atoms with Crippen molar-refractivity contribution >= 4 is 40.2 Å². The molecular weight excluding hydrogens is 435 g/mol. The van der Waals surface area contributed by atoms with Crippen LogP contribution in [-0.4, -0.2) is 27.2 Å². The Morgan fingerprint density at radius 3 is 2.77 bits per heavy atom. The first kappa shape index (κ1) is 21.5. The first-order valence-electron chi connectivity index (χ1n) is 9.89. The summed E-state index contributed by atoms with van der Waals surface area (Å²) in [5, 5.41) is 10.8. The van der Waals surface area contributed by atoms with Gasteiger partial charge in [-0.05, 0) is 36.8 Å². The molecule has 5 nitrogen and oxygen atoms in total. The van der Waals surface area contributed by atoms with E-state index in [1.165, 1.54) is 0 Å². The van der Waals surface area contributed by atoms with Gasteiger partial charge in [0.25, 0.3) is 0 Å². The SMILES string of the molecule is Cc1nc2ccc(OCC3(C)C=CC=CC3C(=O)O)cc2n1Cc1ccc(Cl)cc1Cl. The lowest BCUT2D eigenvalue weighted by Crippen LogP contribution is -2.36. The summed E-state index contributed by atoms with van der Waals surface area (Å²) < 4.78 is 8.13. The highest BCUT2D eigenvalue weighted by Crippen LogP contribution is 2.35. The Labute approximate surface area is 190 Å². The van der Waals surface area contributed by atoms with Gasteiger partial charge in [0.1, 0.15) is 11.6 Å². The van der Waals surface area contributed by atoms with E-state index in [2.05, 4.69) is 9.55 Å². The molecule has 31 heavy (non-hydrogen) atoms. The highest BCUT2D eigenvalue weighted by Gasteiger charge is 2.37. The molecule has 1 N–H and O–H groups in total. The number of carboxylic acids is 1. The lowest BCUT2D eigenvalue weighted by atomic mass is 9.75. The van der Waals surface area contributed by atoms with Gasteiger partial charge in [-0.2, -0.15) is 0 Å². The van der Waals surface area contributed by atoms with Crippen LogP contribution in [0.5, 0.6) is 5.75 Å². The molecule has 2 aromatic carbocycles. The average molecular weight is 457 g/mol. The van der Waals surface area contributed by atoms with Crippen molar-refractivity contribution in [3.05, 3.63) is 82.1 Å². The van der Waals surface area contributed by atoms with Gasteiger partial charge in [0.2, 0.25) is 0 Å². The van der Waals surface area contributed by atoms with Crippen LogP contribution in [0.1, 0.15) is 18.3 Å². The molecule has 3 aromatic rings. The molecule has 1 aliphatic rings. The first-order chi connectivity index (χ1) is 14.8. The van der Waals surface area contributed by atoms with E-state index in [-0.39, 0.29) is 6.61 Å². The molecule has 1 heterocycles. The summed E-state index contributed by atoms with van der Waals surface area (Å²) in [7, 11) is 0. The number of aromatic nitrogens is 2. The third-order valence-corrected chi connectivity index (χ3v) is 6.26. The standard InChI is InChI=1S/C24H22Cl2N2O3/c1-15-27-21-9-8-18(31-14-24(2)10-4-3-5-19(24)23(29)30)12-22(21)28(15)13-16-6-7-17(25)11-20(16)26/h3-12,19H,13-14H2,1-2H3,(H,29,30). The Morgan fingerprint density at radius 1 is 1.23 bits per heavy atom. The molecule has 4 rings (SSSR count). The van der Waals surface area contributed by atoms with Crippen molar-refractivity contribution in [3.8, 4) is 5.75 Å². The number of ether oxygens (including phenoxy) is 1. The molecule has 0 saturated heterocycles. The van der Waals surface area contributed by atoms with E-state index in [0.717, 1.165) is 22.4 Å². The highest BCUT2D eigenvalue weighted by molar-refractivity contribution is 6.35. The monoisotopic (exact) mass is 456 g/mol. The van der Waals surface area contributed by atoms with Crippen molar-refractivity contribution in [1.82, 2.24) is 9.55 Å². The van der Waals surface area contributed by atoms with Crippen LogP contribution >= 0.6 is 23.2 Å². The normalized spacial score (nSPS) is 20.3. The lowest BCUT2D eigenvalue weighted by molar-refractivity contribution is -0.143. The van der Waals surface area contributed by atoms with Crippen molar-refractivity contribution in [2.45, 2.75) is 20.4 Å². The molecule has 7 heteroatoms. The van der Waals surface area contributed by atoms with Crippen LogP contribution in [0.3, 0.4) is 0 Å². The molecule has 160 valence electrons. The second kappa shape index (κ2) is 8.40. The van der Waals surface area contributed by atoms with Gasteiger partial charge in [0.15, 0.2) is 0 Å². The smallest absolute Gasteiger partial charge is 0.311 e. The maximum absolute atomic E-state index is 11.7. The zero-order valence-corrected chi connectivity index (χ0v) is 18.7. The van der Waals surface area contributed by atoms with Crippen LogP contribution < -0.4 is 4.74 Å². The van der Waals surface area contributed by atoms with E-state index in [1.807, 2.05) is 56.3 Å². The van der Waals surface area contributed by atoms with Gasteiger partial charge in [-0.1, -0.05) is 60.5 Å². The van der Waals surface area contributed by atoms with E-state index >= 15 is 0 Å². The van der Waals surface area contributed by atoms with E-state index in [0.29, 0.717) is 22.3 Å². The number of halogens is 2. The van der Waals surface area contributed by atoms with Gasteiger partial charge in [0, 0.05) is 21.5 Å². The fourth-order valence-electron chi connectivity index (χ4n) is 3.85. The average Bonchev–Trinajstić information content (AvgIpc) is 3.03. The number of imidazole rings is 1. The molecule has 0 spiro atoms. The summed E-state index contributed by atoms with van der Waals surface area (Å²) in [6.07, 6.45) is 7.21. The van der Waals surface area contributed by atoms with Crippen molar-refractivity contribution in [2.75, 3.05) is 6.61 Å². The quantitative estimate of drug-likeness (QED) is 0.500. The number of carbonyl (C=O) groups is 1. The molecule has 0 aliphatic heterocycles. The molecule has 1 aromatic heterocycles. The second-order valence-corrected chi connectivity index (χ2v) is 8.83. The van der Waals surface area contributed by atoms with Crippen LogP contribution in [0.15, 0.2) is 60.7 Å². The lowest BCUT2D eigenvalue weighted by Gasteiger charge is -2.32. The molecule has 0 fully saturated rings. The zero-order chi connectivity index (χ0) is 22.2. The Morgan fingerprint density at radius 2 is 2.03 bits per heavy atom. The number of fused-ring (bicyclic) bond motifs is 1. The maximum atomic E-state index is 11.7. The number of allylic oxidation sites excluding steroid dienone is 2. The minimum Gasteiger partial charge on any atom is -0.493 e. The first-order valence-corrected chi connectivity index (χ1v) is 10.6. The van der Waals surface area contributed by atoms with Crippen molar-refractivity contribution in [1.29, 1.82) is 0 Å². The predicted molar refractivity (Wildman–Crippen MR) is 123 cm³/mol. The second-order valence-electron chi connectivity index (χ2n) is 7.99. The summed E-state index contributed by atoms with van der Waals surface area (Å²) in [5.41, 5.74) is 2.07. The van der Waals surface area contributed by atoms with Crippen LogP contribution in [0, 0.1) is 18.3 Å². The van der Waals surface area contributed by atoms with Crippen LogP contribution in [-0.2, 0) is 11.3 Å². The minimum atomic E-state index is -0.865. The van der Waals surface area contributed by atoms with Crippen LogP contribution in [0.4, 0.5) is 0 Å². The van der Waals surface area contributed by atoms with E-state index in [1.54, 1.807) is 18.2 Å². The fourth-order valence-corrected chi connectivity index (χ4v) is 4.32. The number of hydrogen-bond donors (Lipinski definition) is 1. The summed E-state index contributed by atoms with van der Waals surface area (Å²) in [6.45, 7) is 4.63. The van der Waals surface area contributed by atoms with Gasteiger partial charge >= 0.3 is 5.97 Å². The third kappa shape index (κ3) is 4.34. The number of hydrogen-bond acceptors (Lipinski definition) is 3. The highest BCUT2D eigenvalue weighted by atomic mass is 35.5. The molecule has 1 aliphatic carbocycles. The van der Waals surface area contributed by atoms with E-state index in [4.69, 9.17) is 27.9 Å². The summed E-state index contributed by atoms with van der Waals surface area (Å²) in [5.74, 6) is 0.0114. The fraction of sp³-hybridized carbons (Fsp3) is 0.250. The molecule has 2 unspecified atom stereocenters. The number of carboxylic acid groups (broad SMARTS) is 1. The van der Waals surface area contributed by atoms with Gasteiger partial charge in [0.05, 0.1) is 30.1 Å². The molecule has 0 saturated carbocycles. The zero-order valence-electron chi connectivity index (χ0n) is 17.2. The summed E-state index contributed by atoms with van der Waals surface area (Å²) in [6, 6.07) is 11.2. The van der Waals surface area contributed by atoms with Crippen LogP contribution in [0.2, 0.25) is 10.0 Å². The van der Waals surface area contributed by atoms with E-state index < -0.39 is 17.3 Å². The molecular formula is C24H22Cl2N2O3. The Balaban J connectivity index is 1.60. The summed E-state index contributed by atoms with van der Waals surface area (Å²) in [4.78, 5) is 16.3. The van der Waals surface area contributed by atoms with Crippen molar-refractivity contribution in [3.63, 3.8) is 0 Å². The van der Waals surface area contributed by atoms with Gasteiger partial charge in [-0.25, -0.2) is 4.98 Å². The summed E-state index contributed by atoms with van der Waals surface area (Å²) >= 11 is 12.4. The van der Waals surface area contributed by atoms with E-state index in [9.17, 15) is 9.90 Å².